The minimum absolute atomic E-state index is 0.172. The predicted octanol–water partition coefficient (Wildman–Crippen LogP) is 5.72. The van der Waals surface area contributed by atoms with Crippen molar-refractivity contribution in [1.82, 2.24) is 19.2 Å². The molecular weight excluding hydrogens is 491 g/mol. The van der Waals surface area contributed by atoms with Crippen molar-refractivity contribution in [3.05, 3.63) is 83.3 Å². The van der Waals surface area contributed by atoms with E-state index in [0.29, 0.717) is 16.1 Å². The molecule has 5 aromatic rings. The summed E-state index contributed by atoms with van der Waals surface area (Å²) in [5, 5.41) is 4.19. The number of hydrogen-bond donors (Lipinski definition) is 1. The van der Waals surface area contributed by atoms with Gasteiger partial charge in [-0.3, -0.25) is 13.9 Å². The van der Waals surface area contributed by atoms with Crippen LogP contribution >= 0.6 is 11.3 Å². The predicted molar refractivity (Wildman–Crippen MR) is 130 cm³/mol. The van der Waals surface area contributed by atoms with Crippen molar-refractivity contribution >= 4 is 22.9 Å². The number of carbonyl (C=O) groups is 1. The molecule has 4 aromatic heterocycles. The maximum Gasteiger partial charge on any atom is 0.416 e. The number of halogens is 3. The van der Waals surface area contributed by atoms with Gasteiger partial charge in [0.1, 0.15) is 22.4 Å². The van der Waals surface area contributed by atoms with Crippen LogP contribution in [0.15, 0.2) is 67.3 Å². The summed E-state index contributed by atoms with van der Waals surface area (Å²) in [4.78, 5) is 17.5. The highest BCUT2D eigenvalue weighted by Crippen LogP contribution is 2.39. The highest BCUT2D eigenvalue weighted by molar-refractivity contribution is 7.17. The number of benzene rings is 1. The first-order valence-electron chi connectivity index (χ1n) is 10.8. The maximum atomic E-state index is 13.1. The Balaban J connectivity index is 1.47. The van der Waals surface area contributed by atoms with E-state index in [9.17, 15) is 18.0 Å². The Hall–Kier alpha value is -4.12. The molecule has 0 bridgehead atoms. The standard InChI is InChI=1S/C25H20F3N5O2S/c1-14(15-4-3-5-18(8-15)25(26,27)28)35-20-10-21(36-23(20)24(29)34)19-12-30-22-9-16(6-7-33(19)22)17-11-31-32(2)13-17/h3-14H,1-2H3,(H2,29,34). The van der Waals surface area contributed by atoms with Crippen molar-refractivity contribution in [3.8, 4) is 27.4 Å². The molecule has 11 heteroatoms. The molecule has 0 saturated heterocycles. The van der Waals surface area contributed by atoms with Gasteiger partial charge >= 0.3 is 6.18 Å². The fourth-order valence-corrected chi connectivity index (χ4v) is 4.85. The third-order valence-corrected chi connectivity index (χ3v) is 6.87. The number of amides is 1. The van der Waals surface area contributed by atoms with Gasteiger partial charge in [-0.15, -0.1) is 11.3 Å². The molecule has 1 amide bonds. The number of aromatic nitrogens is 4. The largest absolute Gasteiger partial charge is 0.484 e. The SMILES string of the molecule is CC(Oc1cc(-c2cnc3cc(-c4cnn(C)c4)ccn23)sc1C(N)=O)c1cccc(C(F)(F)F)c1. The monoisotopic (exact) mass is 511 g/mol. The number of aryl methyl sites for hydroxylation is 1. The number of alkyl halides is 3. The van der Waals surface area contributed by atoms with Crippen molar-refractivity contribution in [2.24, 2.45) is 12.8 Å². The van der Waals surface area contributed by atoms with Crippen molar-refractivity contribution in [3.63, 3.8) is 0 Å². The summed E-state index contributed by atoms with van der Waals surface area (Å²) in [6.45, 7) is 1.62. The van der Waals surface area contributed by atoms with Crippen LogP contribution in [0.5, 0.6) is 5.75 Å². The number of rotatable bonds is 6. The topological polar surface area (TPSA) is 87.4 Å². The lowest BCUT2D eigenvalue weighted by molar-refractivity contribution is -0.137. The van der Waals surface area contributed by atoms with E-state index in [-0.39, 0.29) is 10.6 Å². The molecule has 184 valence electrons. The highest BCUT2D eigenvalue weighted by atomic mass is 32.1. The summed E-state index contributed by atoms with van der Waals surface area (Å²) in [6, 6.07) is 10.4. The van der Waals surface area contributed by atoms with Crippen LogP contribution in [-0.4, -0.2) is 25.1 Å². The van der Waals surface area contributed by atoms with Gasteiger partial charge in [0.15, 0.2) is 0 Å². The Morgan fingerprint density at radius 3 is 2.64 bits per heavy atom. The van der Waals surface area contributed by atoms with E-state index in [2.05, 4.69) is 10.1 Å². The quantitative estimate of drug-likeness (QED) is 0.316. The van der Waals surface area contributed by atoms with Gasteiger partial charge in [0.2, 0.25) is 0 Å². The van der Waals surface area contributed by atoms with Crippen molar-refractivity contribution in [1.29, 1.82) is 0 Å². The number of hydrogen-bond acceptors (Lipinski definition) is 5. The molecule has 0 saturated carbocycles. The van der Waals surface area contributed by atoms with Gasteiger partial charge in [-0.1, -0.05) is 12.1 Å². The molecule has 0 radical (unpaired) electrons. The van der Waals surface area contributed by atoms with E-state index in [1.807, 2.05) is 36.0 Å². The second-order valence-electron chi connectivity index (χ2n) is 8.24. The number of nitrogens with two attached hydrogens (primary N) is 1. The van der Waals surface area contributed by atoms with Crippen molar-refractivity contribution in [2.75, 3.05) is 0 Å². The summed E-state index contributed by atoms with van der Waals surface area (Å²) in [5.41, 5.74) is 8.47. The van der Waals surface area contributed by atoms with Crippen molar-refractivity contribution < 1.29 is 22.7 Å². The van der Waals surface area contributed by atoms with Crippen LogP contribution < -0.4 is 10.5 Å². The smallest absolute Gasteiger partial charge is 0.416 e. The molecule has 0 aliphatic rings. The lowest BCUT2D eigenvalue weighted by atomic mass is 10.1. The van der Waals surface area contributed by atoms with Gasteiger partial charge in [-0.2, -0.15) is 18.3 Å². The fourth-order valence-electron chi connectivity index (χ4n) is 3.90. The summed E-state index contributed by atoms with van der Waals surface area (Å²) in [5.74, 6) is -0.487. The minimum Gasteiger partial charge on any atom is -0.484 e. The summed E-state index contributed by atoms with van der Waals surface area (Å²) >= 11 is 1.13. The number of ether oxygens (including phenoxy) is 1. The number of primary amides is 1. The minimum atomic E-state index is -4.47. The molecule has 0 spiro atoms. The van der Waals surface area contributed by atoms with Gasteiger partial charge in [0.25, 0.3) is 5.91 Å². The summed E-state index contributed by atoms with van der Waals surface area (Å²) < 4.78 is 48.9. The van der Waals surface area contributed by atoms with E-state index in [1.54, 1.807) is 36.1 Å². The van der Waals surface area contributed by atoms with Crippen LogP contribution in [0.2, 0.25) is 0 Å². The lowest BCUT2D eigenvalue weighted by Crippen LogP contribution is -2.12. The molecule has 0 fully saturated rings. The fraction of sp³-hybridized carbons (Fsp3) is 0.160. The Morgan fingerprint density at radius 1 is 1.14 bits per heavy atom. The molecule has 4 heterocycles. The summed E-state index contributed by atoms with van der Waals surface area (Å²) in [7, 11) is 1.84. The molecule has 5 rings (SSSR count). The lowest BCUT2D eigenvalue weighted by Gasteiger charge is -2.16. The third kappa shape index (κ3) is 4.44. The average Bonchev–Trinajstić information content (AvgIpc) is 3.56. The van der Waals surface area contributed by atoms with E-state index in [4.69, 9.17) is 10.5 Å². The second-order valence-corrected chi connectivity index (χ2v) is 9.29. The van der Waals surface area contributed by atoms with Crippen molar-refractivity contribution in [2.45, 2.75) is 19.2 Å². The van der Waals surface area contributed by atoms with Crippen LogP contribution in [0.1, 0.15) is 33.8 Å². The Kier molecular flexibility index (Phi) is 5.79. The zero-order chi connectivity index (χ0) is 25.6. The van der Waals surface area contributed by atoms with Crippen LogP contribution in [0.3, 0.4) is 0 Å². The van der Waals surface area contributed by atoms with Crippen LogP contribution in [0, 0.1) is 0 Å². The highest BCUT2D eigenvalue weighted by Gasteiger charge is 2.31. The van der Waals surface area contributed by atoms with Gasteiger partial charge in [-0.05, 0) is 42.3 Å². The zero-order valence-electron chi connectivity index (χ0n) is 19.2. The molecule has 0 aliphatic carbocycles. The molecule has 1 aromatic carbocycles. The first-order chi connectivity index (χ1) is 17.1. The first kappa shape index (κ1) is 23.6. The molecule has 1 unspecified atom stereocenters. The number of thiophene rings is 1. The normalized spacial score (nSPS) is 12.7. The first-order valence-corrected chi connectivity index (χ1v) is 11.7. The van der Waals surface area contributed by atoms with Gasteiger partial charge in [0.05, 0.1) is 28.5 Å². The Morgan fingerprint density at radius 2 is 1.94 bits per heavy atom. The van der Waals surface area contributed by atoms with Crippen LogP contribution in [0.4, 0.5) is 13.2 Å². The molecule has 7 nitrogen and oxygen atoms in total. The van der Waals surface area contributed by atoms with Gasteiger partial charge in [-0.25, -0.2) is 4.98 Å². The number of fused-ring (bicyclic) bond motifs is 1. The molecule has 2 N–H and O–H groups in total. The second kappa shape index (κ2) is 8.83. The Labute approximate surface area is 207 Å². The van der Waals surface area contributed by atoms with E-state index in [0.717, 1.165) is 40.3 Å². The molecule has 0 aliphatic heterocycles. The van der Waals surface area contributed by atoms with Crippen LogP contribution in [-0.2, 0) is 13.2 Å². The van der Waals surface area contributed by atoms with Crippen LogP contribution in [0.25, 0.3) is 27.3 Å². The number of imidazole rings is 1. The number of nitrogens with zero attached hydrogens (tertiary/aromatic N) is 4. The third-order valence-electron chi connectivity index (χ3n) is 5.71. The average molecular weight is 512 g/mol. The number of carbonyl (C=O) groups excluding carboxylic acids is 1. The van der Waals surface area contributed by atoms with E-state index >= 15 is 0 Å². The van der Waals surface area contributed by atoms with Gasteiger partial charge < -0.3 is 10.5 Å². The maximum absolute atomic E-state index is 13.1. The van der Waals surface area contributed by atoms with Gasteiger partial charge in [0, 0.05) is 31.1 Å². The molecule has 1 atom stereocenters. The zero-order valence-corrected chi connectivity index (χ0v) is 20.0. The van der Waals surface area contributed by atoms with E-state index in [1.165, 1.54) is 6.07 Å². The molecular formula is C25H20F3N5O2S. The molecule has 36 heavy (non-hydrogen) atoms. The summed E-state index contributed by atoms with van der Waals surface area (Å²) in [6.07, 6.45) is 2.00. The van der Waals surface area contributed by atoms with E-state index < -0.39 is 23.8 Å². The Bertz CT molecular complexity index is 1580. The number of pyridine rings is 1.